The van der Waals surface area contributed by atoms with Crippen LogP contribution in [0.25, 0.3) is 6.08 Å². The number of amides is 1. The third kappa shape index (κ3) is 5.54. The zero-order valence-corrected chi connectivity index (χ0v) is 17.6. The minimum atomic E-state index is -0.336. The first kappa shape index (κ1) is 20.9. The number of hydrogen-bond acceptors (Lipinski definition) is 4. The molecular weight excluding hydrogens is 356 g/mol. The van der Waals surface area contributed by atoms with Crippen LogP contribution >= 0.6 is 11.3 Å². The lowest BCUT2D eigenvalue weighted by molar-refractivity contribution is -0.117. The summed E-state index contributed by atoms with van der Waals surface area (Å²) in [6.45, 7) is 11.9. The van der Waals surface area contributed by atoms with Crippen molar-refractivity contribution in [2.45, 2.75) is 54.0 Å². The van der Waals surface area contributed by atoms with Crippen LogP contribution in [0.3, 0.4) is 0 Å². The van der Waals surface area contributed by atoms with Gasteiger partial charge in [-0.3, -0.25) is 4.79 Å². The number of thiazole rings is 1. The Kier molecular flexibility index (Phi) is 7.37. The first-order valence-corrected chi connectivity index (χ1v) is 10.2. The lowest BCUT2D eigenvalue weighted by atomic mass is 10.1. The summed E-state index contributed by atoms with van der Waals surface area (Å²) in [7, 11) is 0. The molecule has 0 spiro atoms. The maximum absolute atomic E-state index is 12.4. The second-order valence-electron chi connectivity index (χ2n) is 7.09. The number of carbonyl (C=O) groups excluding carboxylic acids is 1. The molecule has 0 aromatic carbocycles. The maximum atomic E-state index is 12.4. The highest BCUT2D eigenvalue weighted by Gasteiger charge is 2.13. The van der Waals surface area contributed by atoms with Crippen LogP contribution in [-0.2, 0) is 24.2 Å². The topological polar surface area (TPSA) is 70.7 Å². The van der Waals surface area contributed by atoms with Gasteiger partial charge in [-0.25, -0.2) is 4.98 Å². The second kappa shape index (κ2) is 9.52. The minimum absolute atomic E-state index is 0.132. The van der Waals surface area contributed by atoms with Gasteiger partial charge >= 0.3 is 0 Å². The van der Waals surface area contributed by atoms with Gasteiger partial charge in [0.05, 0.1) is 10.7 Å². The van der Waals surface area contributed by atoms with Gasteiger partial charge in [0.15, 0.2) is 0 Å². The van der Waals surface area contributed by atoms with Crippen LogP contribution in [-0.4, -0.2) is 22.0 Å². The monoisotopic (exact) mass is 384 g/mol. The van der Waals surface area contributed by atoms with Gasteiger partial charge in [-0.2, -0.15) is 5.26 Å². The number of aromatic nitrogens is 2. The Morgan fingerprint density at radius 2 is 2.19 bits per heavy atom. The Balaban J connectivity index is 2.04. The number of carbonyl (C=O) groups is 1. The average molecular weight is 385 g/mol. The molecule has 0 saturated carbocycles. The summed E-state index contributed by atoms with van der Waals surface area (Å²) in [5.41, 5.74) is 4.26. The van der Waals surface area contributed by atoms with E-state index in [1.165, 1.54) is 0 Å². The molecular formula is C21H28N4OS. The molecule has 1 N–H and O–H groups in total. The molecule has 0 unspecified atom stereocenters. The SMILES string of the molecule is CCc1nc(CCNC(=O)/C(C#N)=C/c2cc(C)n(CC(C)C)c2C)cs1. The van der Waals surface area contributed by atoms with Gasteiger partial charge in [-0.05, 0) is 43.9 Å². The molecule has 0 aliphatic heterocycles. The first-order chi connectivity index (χ1) is 12.8. The number of hydrogen-bond donors (Lipinski definition) is 1. The van der Waals surface area contributed by atoms with E-state index in [-0.39, 0.29) is 11.5 Å². The van der Waals surface area contributed by atoms with Crippen LogP contribution in [0.1, 0.15) is 48.4 Å². The van der Waals surface area contributed by atoms with E-state index in [0.29, 0.717) is 18.9 Å². The molecule has 0 bridgehead atoms. The number of nitriles is 1. The smallest absolute Gasteiger partial charge is 0.261 e. The van der Waals surface area contributed by atoms with E-state index >= 15 is 0 Å². The molecule has 5 nitrogen and oxygen atoms in total. The van der Waals surface area contributed by atoms with Gasteiger partial charge in [0.1, 0.15) is 11.6 Å². The van der Waals surface area contributed by atoms with Crippen molar-refractivity contribution in [3.63, 3.8) is 0 Å². The van der Waals surface area contributed by atoms with Crippen molar-refractivity contribution in [2.24, 2.45) is 5.92 Å². The Morgan fingerprint density at radius 3 is 2.78 bits per heavy atom. The highest BCUT2D eigenvalue weighted by molar-refractivity contribution is 7.09. The third-order valence-corrected chi connectivity index (χ3v) is 5.44. The van der Waals surface area contributed by atoms with Gasteiger partial charge in [0.25, 0.3) is 5.91 Å². The molecule has 0 atom stereocenters. The molecule has 0 aliphatic carbocycles. The maximum Gasteiger partial charge on any atom is 0.261 e. The van der Waals surface area contributed by atoms with E-state index in [0.717, 1.165) is 40.6 Å². The zero-order valence-electron chi connectivity index (χ0n) is 16.8. The molecule has 0 fully saturated rings. The van der Waals surface area contributed by atoms with Crippen molar-refractivity contribution >= 4 is 23.3 Å². The summed E-state index contributed by atoms with van der Waals surface area (Å²) in [5, 5.41) is 15.4. The quantitative estimate of drug-likeness (QED) is 0.551. The standard InChI is InChI=1S/C21H28N4OS/c1-6-20-24-19(13-27-20)7-8-23-21(26)18(11-22)10-17-9-15(4)25(16(17)5)12-14(2)3/h9-10,13-14H,6-8,12H2,1-5H3,(H,23,26)/b18-10+. The summed E-state index contributed by atoms with van der Waals surface area (Å²) in [5.74, 6) is 0.196. The molecule has 0 radical (unpaired) electrons. The van der Waals surface area contributed by atoms with E-state index < -0.39 is 0 Å². The predicted molar refractivity (Wildman–Crippen MR) is 111 cm³/mol. The minimum Gasteiger partial charge on any atom is -0.351 e. The Labute approximate surface area is 165 Å². The summed E-state index contributed by atoms with van der Waals surface area (Å²) in [6, 6.07) is 4.07. The van der Waals surface area contributed by atoms with Crippen LogP contribution < -0.4 is 5.32 Å². The van der Waals surface area contributed by atoms with Crippen molar-refractivity contribution in [3.8, 4) is 6.07 Å². The molecule has 0 saturated heterocycles. The number of rotatable bonds is 8. The molecule has 6 heteroatoms. The van der Waals surface area contributed by atoms with Crippen molar-refractivity contribution in [2.75, 3.05) is 6.54 Å². The van der Waals surface area contributed by atoms with Crippen LogP contribution in [0.15, 0.2) is 17.0 Å². The van der Waals surface area contributed by atoms with E-state index in [1.54, 1.807) is 17.4 Å². The van der Waals surface area contributed by atoms with Crippen LogP contribution in [0, 0.1) is 31.1 Å². The average Bonchev–Trinajstić information content (AvgIpc) is 3.19. The largest absolute Gasteiger partial charge is 0.351 e. The molecule has 2 rings (SSSR count). The fourth-order valence-electron chi connectivity index (χ4n) is 2.95. The summed E-state index contributed by atoms with van der Waals surface area (Å²) < 4.78 is 2.23. The lowest BCUT2D eigenvalue weighted by Gasteiger charge is -2.12. The highest BCUT2D eigenvalue weighted by atomic mass is 32.1. The molecule has 2 aromatic heterocycles. The van der Waals surface area contributed by atoms with Crippen molar-refractivity contribution in [1.29, 1.82) is 5.26 Å². The molecule has 0 aliphatic rings. The van der Waals surface area contributed by atoms with Gasteiger partial charge < -0.3 is 9.88 Å². The van der Waals surface area contributed by atoms with Gasteiger partial charge in [-0.15, -0.1) is 11.3 Å². The van der Waals surface area contributed by atoms with E-state index in [9.17, 15) is 10.1 Å². The number of aryl methyl sites for hydroxylation is 2. The second-order valence-corrected chi connectivity index (χ2v) is 8.04. The van der Waals surface area contributed by atoms with Crippen LogP contribution in [0.4, 0.5) is 0 Å². The van der Waals surface area contributed by atoms with Crippen molar-refractivity contribution < 1.29 is 4.79 Å². The van der Waals surface area contributed by atoms with Crippen LogP contribution in [0.5, 0.6) is 0 Å². The van der Waals surface area contributed by atoms with Gasteiger partial charge in [0.2, 0.25) is 0 Å². The number of nitrogens with one attached hydrogen (secondary N) is 1. The molecule has 1 amide bonds. The van der Waals surface area contributed by atoms with Crippen LogP contribution in [0.2, 0.25) is 0 Å². The normalized spacial score (nSPS) is 11.7. The Bertz CT molecular complexity index is 867. The van der Waals surface area contributed by atoms with Gasteiger partial charge in [-0.1, -0.05) is 20.8 Å². The third-order valence-electron chi connectivity index (χ3n) is 4.39. The molecule has 144 valence electrons. The van der Waals surface area contributed by atoms with Gasteiger partial charge in [0, 0.05) is 36.3 Å². The Hall–Kier alpha value is -2.39. The first-order valence-electron chi connectivity index (χ1n) is 9.35. The van der Waals surface area contributed by atoms with Crippen molar-refractivity contribution in [3.05, 3.63) is 44.7 Å². The summed E-state index contributed by atoms with van der Waals surface area (Å²) >= 11 is 1.64. The summed E-state index contributed by atoms with van der Waals surface area (Å²) in [6.07, 6.45) is 3.28. The fraction of sp³-hybridized carbons (Fsp3) is 0.476. The molecule has 2 aromatic rings. The fourth-order valence-corrected chi connectivity index (χ4v) is 3.73. The lowest BCUT2D eigenvalue weighted by Crippen LogP contribution is -2.26. The molecule has 2 heterocycles. The van der Waals surface area contributed by atoms with E-state index in [4.69, 9.17) is 0 Å². The predicted octanol–water partition coefficient (Wildman–Crippen LogP) is 4.05. The highest BCUT2D eigenvalue weighted by Crippen LogP contribution is 2.19. The molecule has 27 heavy (non-hydrogen) atoms. The Morgan fingerprint density at radius 1 is 1.44 bits per heavy atom. The van der Waals surface area contributed by atoms with E-state index in [1.807, 2.05) is 24.4 Å². The summed E-state index contributed by atoms with van der Waals surface area (Å²) in [4.78, 5) is 16.9. The van der Waals surface area contributed by atoms with E-state index in [2.05, 4.69) is 42.6 Å². The zero-order chi connectivity index (χ0) is 20.0. The number of nitrogens with zero attached hydrogens (tertiary/aromatic N) is 3. The van der Waals surface area contributed by atoms with Crippen molar-refractivity contribution in [1.82, 2.24) is 14.9 Å².